The van der Waals surface area contributed by atoms with Crippen LogP contribution in [0.5, 0.6) is 0 Å². The third-order valence-corrected chi connectivity index (χ3v) is 4.80. The number of hydrogen-bond acceptors (Lipinski definition) is 8. The molecule has 116 valence electrons. The average molecular weight is 350 g/mol. The fourth-order valence-corrected chi connectivity index (χ4v) is 3.43. The minimum absolute atomic E-state index is 0.424. The summed E-state index contributed by atoms with van der Waals surface area (Å²) < 4.78 is 4.16. The lowest BCUT2D eigenvalue weighted by Crippen LogP contribution is -1.90. The van der Waals surface area contributed by atoms with Crippen molar-refractivity contribution in [1.29, 1.82) is 10.5 Å². The van der Waals surface area contributed by atoms with Crippen molar-refractivity contribution in [3.05, 3.63) is 47.1 Å². The van der Waals surface area contributed by atoms with Gasteiger partial charge in [0.05, 0.1) is 17.8 Å². The van der Waals surface area contributed by atoms with Gasteiger partial charge in [0.15, 0.2) is 15.9 Å². The second-order valence-corrected chi connectivity index (χ2v) is 6.56. The van der Waals surface area contributed by atoms with E-state index in [9.17, 15) is 0 Å². The van der Waals surface area contributed by atoms with E-state index in [2.05, 4.69) is 19.6 Å². The molecule has 0 fully saturated rings. The molecule has 0 saturated heterocycles. The quantitative estimate of drug-likeness (QED) is 0.610. The lowest BCUT2D eigenvalue weighted by Gasteiger charge is -1.96. The normalized spacial score (nSPS) is 10.8. The summed E-state index contributed by atoms with van der Waals surface area (Å²) in [5.41, 5.74) is 2.37. The Balaban J connectivity index is 2.04. The lowest BCUT2D eigenvalue weighted by atomic mass is 10.1. The number of thiazole rings is 1. The molecule has 0 saturated carbocycles. The lowest BCUT2D eigenvalue weighted by molar-refractivity contribution is 1.07. The van der Waals surface area contributed by atoms with Crippen LogP contribution >= 0.6 is 22.9 Å². The highest BCUT2D eigenvalue weighted by atomic mass is 32.1. The van der Waals surface area contributed by atoms with Crippen molar-refractivity contribution in [3.8, 4) is 23.4 Å². The first kappa shape index (κ1) is 15.9. The molecule has 0 aliphatic carbocycles. The Morgan fingerprint density at radius 2 is 1.88 bits per heavy atom. The van der Waals surface area contributed by atoms with Gasteiger partial charge >= 0.3 is 0 Å². The molecule has 0 aliphatic heterocycles. The summed E-state index contributed by atoms with van der Waals surface area (Å²) in [6.45, 7) is 1.89. The molecule has 0 radical (unpaired) electrons. The van der Waals surface area contributed by atoms with E-state index in [0.29, 0.717) is 20.7 Å². The third-order valence-electron chi connectivity index (χ3n) is 3.03. The van der Waals surface area contributed by atoms with E-state index in [1.54, 1.807) is 0 Å². The van der Waals surface area contributed by atoms with Gasteiger partial charge in [-0.1, -0.05) is 41.7 Å². The maximum absolute atomic E-state index is 9.09. The average Bonchev–Trinajstić information content (AvgIpc) is 3.21. The van der Waals surface area contributed by atoms with Crippen LogP contribution in [0.4, 0.5) is 10.0 Å². The second-order valence-electron chi connectivity index (χ2n) is 4.77. The SMILES string of the molecule is Cc1cc(/N=N/c2sc(C(C#N)C#N)nc2-c2ccccc2)sn1. The number of hydrogen-bond donors (Lipinski definition) is 0. The number of nitriles is 2. The molecule has 3 rings (SSSR count). The minimum atomic E-state index is -0.910. The van der Waals surface area contributed by atoms with E-state index in [4.69, 9.17) is 10.5 Å². The van der Waals surface area contributed by atoms with E-state index >= 15 is 0 Å². The molecular formula is C16H10N6S2. The molecule has 0 N–H and O–H groups in total. The van der Waals surface area contributed by atoms with Gasteiger partial charge in [0.25, 0.3) is 0 Å². The van der Waals surface area contributed by atoms with Crippen LogP contribution in [0.3, 0.4) is 0 Å². The van der Waals surface area contributed by atoms with Crippen LogP contribution in [0, 0.1) is 29.6 Å². The molecule has 0 amide bonds. The second kappa shape index (κ2) is 7.09. The zero-order valence-corrected chi connectivity index (χ0v) is 14.2. The number of aromatic nitrogens is 2. The molecule has 2 aromatic heterocycles. The molecule has 0 atom stereocenters. The highest BCUT2D eigenvalue weighted by Crippen LogP contribution is 2.39. The van der Waals surface area contributed by atoms with Crippen molar-refractivity contribution in [2.24, 2.45) is 10.2 Å². The Kier molecular flexibility index (Phi) is 4.71. The first-order valence-electron chi connectivity index (χ1n) is 6.91. The summed E-state index contributed by atoms with van der Waals surface area (Å²) in [5, 5.41) is 28.3. The number of nitrogens with zero attached hydrogens (tertiary/aromatic N) is 6. The van der Waals surface area contributed by atoms with Gasteiger partial charge in [-0.25, -0.2) is 4.98 Å². The zero-order chi connectivity index (χ0) is 16.9. The Bertz CT molecular complexity index is 945. The van der Waals surface area contributed by atoms with Crippen molar-refractivity contribution in [2.45, 2.75) is 12.8 Å². The Hall–Kier alpha value is -2.94. The molecule has 2 heterocycles. The highest BCUT2D eigenvalue weighted by molar-refractivity contribution is 7.16. The van der Waals surface area contributed by atoms with E-state index in [0.717, 1.165) is 11.3 Å². The fourth-order valence-electron chi connectivity index (χ4n) is 1.93. The van der Waals surface area contributed by atoms with E-state index in [-0.39, 0.29) is 0 Å². The first-order chi connectivity index (χ1) is 11.7. The van der Waals surface area contributed by atoms with Gasteiger partial charge in [0.2, 0.25) is 0 Å². The maximum atomic E-state index is 9.09. The van der Waals surface area contributed by atoms with Gasteiger partial charge in [0, 0.05) is 5.56 Å². The van der Waals surface area contributed by atoms with Crippen LogP contribution in [0.1, 0.15) is 16.6 Å². The van der Waals surface area contributed by atoms with Gasteiger partial charge in [-0.3, -0.25) is 0 Å². The van der Waals surface area contributed by atoms with Crippen molar-refractivity contribution in [1.82, 2.24) is 9.36 Å². The van der Waals surface area contributed by atoms with E-state index in [1.807, 2.05) is 55.5 Å². The van der Waals surface area contributed by atoms with Crippen LogP contribution in [0.25, 0.3) is 11.3 Å². The van der Waals surface area contributed by atoms with Gasteiger partial charge in [-0.2, -0.15) is 14.9 Å². The molecular weight excluding hydrogens is 340 g/mol. The molecule has 8 heteroatoms. The Labute approximate surface area is 146 Å². The number of aryl methyl sites for hydroxylation is 1. The standard InChI is InChI=1S/C16H10N6S2/c1-10-7-13(24-22-10)20-21-16-14(11-5-3-2-4-6-11)19-15(23-16)12(8-17)9-18/h2-7,12H,1H3/b21-20+. The third kappa shape index (κ3) is 3.35. The van der Waals surface area contributed by atoms with E-state index < -0.39 is 5.92 Å². The van der Waals surface area contributed by atoms with Crippen molar-refractivity contribution in [3.63, 3.8) is 0 Å². The highest BCUT2D eigenvalue weighted by Gasteiger charge is 2.19. The molecule has 24 heavy (non-hydrogen) atoms. The molecule has 3 aromatic rings. The molecule has 0 unspecified atom stereocenters. The molecule has 0 aliphatic rings. The fraction of sp³-hybridized carbons (Fsp3) is 0.125. The smallest absolute Gasteiger partial charge is 0.184 e. The number of benzene rings is 1. The summed E-state index contributed by atoms with van der Waals surface area (Å²) in [6.07, 6.45) is 0. The van der Waals surface area contributed by atoms with Crippen molar-refractivity contribution < 1.29 is 0 Å². The summed E-state index contributed by atoms with van der Waals surface area (Å²) in [6, 6.07) is 15.2. The van der Waals surface area contributed by atoms with Crippen LogP contribution in [0.2, 0.25) is 0 Å². The Morgan fingerprint density at radius 3 is 2.50 bits per heavy atom. The molecule has 6 nitrogen and oxygen atoms in total. The van der Waals surface area contributed by atoms with Crippen molar-refractivity contribution >= 4 is 32.9 Å². The van der Waals surface area contributed by atoms with Crippen LogP contribution < -0.4 is 0 Å². The van der Waals surface area contributed by atoms with Crippen LogP contribution in [0.15, 0.2) is 46.6 Å². The number of azo groups is 1. The van der Waals surface area contributed by atoms with Crippen LogP contribution in [-0.4, -0.2) is 9.36 Å². The van der Waals surface area contributed by atoms with Gasteiger partial charge in [-0.15, -0.1) is 10.2 Å². The van der Waals surface area contributed by atoms with Crippen molar-refractivity contribution in [2.75, 3.05) is 0 Å². The van der Waals surface area contributed by atoms with Gasteiger partial charge in [0.1, 0.15) is 10.7 Å². The predicted octanol–water partition coefficient (Wildman–Crippen LogP) is 5.12. The summed E-state index contributed by atoms with van der Waals surface area (Å²) in [7, 11) is 0. The largest absolute Gasteiger partial charge is 0.236 e. The first-order valence-corrected chi connectivity index (χ1v) is 8.50. The Morgan fingerprint density at radius 1 is 1.12 bits per heavy atom. The summed E-state index contributed by atoms with van der Waals surface area (Å²) in [4.78, 5) is 4.45. The van der Waals surface area contributed by atoms with E-state index in [1.165, 1.54) is 22.9 Å². The molecule has 1 aromatic carbocycles. The molecule has 0 bridgehead atoms. The van der Waals surface area contributed by atoms with Gasteiger partial charge in [-0.05, 0) is 24.5 Å². The predicted molar refractivity (Wildman–Crippen MR) is 92.5 cm³/mol. The maximum Gasteiger partial charge on any atom is 0.184 e. The van der Waals surface area contributed by atoms with Gasteiger partial charge < -0.3 is 0 Å². The topological polar surface area (TPSA) is 98.1 Å². The summed E-state index contributed by atoms with van der Waals surface area (Å²) in [5.74, 6) is -0.910. The monoisotopic (exact) mass is 350 g/mol. The minimum Gasteiger partial charge on any atom is -0.236 e. The summed E-state index contributed by atoms with van der Waals surface area (Å²) >= 11 is 2.47. The zero-order valence-electron chi connectivity index (χ0n) is 12.5. The molecule has 0 spiro atoms. The van der Waals surface area contributed by atoms with Crippen LogP contribution in [-0.2, 0) is 0 Å². The number of rotatable bonds is 4.